The zero-order valence-electron chi connectivity index (χ0n) is 10.4. The number of thioether (sulfide) groups is 1. The maximum Gasteiger partial charge on any atom is 0.327 e. The molecule has 0 spiro atoms. The van der Waals surface area contributed by atoms with Gasteiger partial charge in [0.25, 0.3) is 0 Å². The molecule has 2 N–H and O–H groups in total. The normalized spacial score (nSPS) is 13.6. The van der Waals surface area contributed by atoms with Gasteiger partial charge in [-0.3, -0.25) is 9.59 Å². The van der Waals surface area contributed by atoms with Crippen molar-refractivity contribution in [1.82, 2.24) is 10.2 Å². The van der Waals surface area contributed by atoms with Crippen LogP contribution in [0.5, 0.6) is 0 Å². The summed E-state index contributed by atoms with van der Waals surface area (Å²) in [5.41, 5.74) is 0. The van der Waals surface area contributed by atoms with Crippen LogP contribution in [-0.4, -0.2) is 58.9 Å². The Bertz CT molecular complexity index is 307. The minimum absolute atomic E-state index is 0.0815. The van der Waals surface area contributed by atoms with Gasteiger partial charge in [-0.05, 0) is 6.92 Å². The molecule has 0 aliphatic carbocycles. The second-order valence-electron chi connectivity index (χ2n) is 3.80. The van der Waals surface area contributed by atoms with Gasteiger partial charge >= 0.3 is 5.97 Å². The van der Waals surface area contributed by atoms with Crippen LogP contribution in [0.1, 0.15) is 13.8 Å². The molecule has 0 radical (unpaired) electrons. The van der Waals surface area contributed by atoms with E-state index in [4.69, 9.17) is 5.11 Å². The Kier molecular flexibility index (Phi) is 6.64. The summed E-state index contributed by atoms with van der Waals surface area (Å²) in [4.78, 5) is 34.6. The zero-order chi connectivity index (χ0) is 13.6. The van der Waals surface area contributed by atoms with Crippen molar-refractivity contribution >= 4 is 29.5 Å². The first-order chi connectivity index (χ1) is 7.75. The number of carboxylic acid groups (broad SMARTS) is 1. The number of hydrogen-bond acceptors (Lipinski definition) is 4. The van der Waals surface area contributed by atoms with Crippen molar-refractivity contribution < 1.29 is 19.5 Å². The lowest BCUT2D eigenvalue weighted by atomic mass is 10.3. The van der Waals surface area contributed by atoms with E-state index in [1.165, 1.54) is 23.6 Å². The molecule has 0 fully saturated rings. The molecule has 0 saturated carbocycles. The van der Waals surface area contributed by atoms with Gasteiger partial charge in [-0.15, -0.1) is 11.8 Å². The fraction of sp³-hybridized carbons (Fsp3) is 0.700. The highest BCUT2D eigenvalue weighted by Gasteiger charge is 2.22. The predicted octanol–water partition coefficient (Wildman–Crippen LogP) is -0.214. The minimum Gasteiger partial charge on any atom is -0.480 e. The maximum atomic E-state index is 11.5. The average Bonchev–Trinajstić information content (AvgIpc) is 2.21. The predicted molar refractivity (Wildman–Crippen MR) is 65.9 cm³/mol. The van der Waals surface area contributed by atoms with Crippen LogP contribution in [0.3, 0.4) is 0 Å². The molecule has 2 unspecified atom stereocenters. The fourth-order valence-electron chi connectivity index (χ4n) is 1.10. The van der Waals surface area contributed by atoms with Gasteiger partial charge < -0.3 is 15.3 Å². The van der Waals surface area contributed by atoms with Crippen LogP contribution in [0.4, 0.5) is 0 Å². The molecule has 0 aromatic heterocycles. The summed E-state index contributed by atoms with van der Waals surface area (Å²) in [6.45, 7) is 2.97. The van der Waals surface area contributed by atoms with Crippen molar-refractivity contribution in [2.75, 3.05) is 19.8 Å². The van der Waals surface area contributed by atoms with Crippen LogP contribution >= 0.6 is 11.8 Å². The molecule has 0 aromatic carbocycles. The summed E-state index contributed by atoms with van der Waals surface area (Å²) in [6, 6.07) is -0.963. The number of rotatable bonds is 6. The van der Waals surface area contributed by atoms with Crippen LogP contribution in [0.15, 0.2) is 0 Å². The molecule has 0 aliphatic heterocycles. The van der Waals surface area contributed by atoms with Crippen LogP contribution in [-0.2, 0) is 14.4 Å². The Labute approximate surface area is 105 Å². The van der Waals surface area contributed by atoms with Gasteiger partial charge in [-0.25, -0.2) is 4.79 Å². The van der Waals surface area contributed by atoms with Crippen LogP contribution in [0.2, 0.25) is 0 Å². The van der Waals surface area contributed by atoms with Crippen molar-refractivity contribution in [3.05, 3.63) is 0 Å². The lowest BCUT2D eigenvalue weighted by Gasteiger charge is -2.18. The molecule has 0 aliphatic rings. The van der Waals surface area contributed by atoms with E-state index in [9.17, 15) is 14.4 Å². The number of amides is 2. The van der Waals surface area contributed by atoms with E-state index >= 15 is 0 Å². The molecular weight excluding hydrogens is 244 g/mol. The quantitative estimate of drug-likeness (QED) is 0.691. The topological polar surface area (TPSA) is 86.7 Å². The van der Waals surface area contributed by atoms with Gasteiger partial charge in [0.2, 0.25) is 11.8 Å². The van der Waals surface area contributed by atoms with Gasteiger partial charge in [0, 0.05) is 26.8 Å². The van der Waals surface area contributed by atoms with Gasteiger partial charge in [0.1, 0.15) is 6.04 Å². The number of hydrogen-bond donors (Lipinski definition) is 2. The lowest BCUT2D eigenvalue weighted by molar-refractivity contribution is -0.140. The standard InChI is InChI=1S/C10H18N2O4S/c1-6(9(14)12(3)4)17-5-8(10(15)16)11-7(2)13/h6,8H,5H2,1-4H3,(H,11,13)(H,15,16). The van der Waals surface area contributed by atoms with Gasteiger partial charge in [0.15, 0.2) is 0 Å². The van der Waals surface area contributed by atoms with Crippen LogP contribution in [0.25, 0.3) is 0 Å². The molecule has 17 heavy (non-hydrogen) atoms. The maximum absolute atomic E-state index is 11.5. The second-order valence-corrected chi connectivity index (χ2v) is 5.17. The lowest BCUT2D eigenvalue weighted by Crippen LogP contribution is -2.42. The Hall–Kier alpha value is -1.24. The highest BCUT2D eigenvalue weighted by molar-refractivity contribution is 8.00. The average molecular weight is 262 g/mol. The van der Waals surface area contributed by atoms with Crippen molar-refractivity contribution in [2.45, 2.75) is 25.1 Å². The number of nitrogens with one attached hydrogen (secondary N) is 1. The smallest absolute Gasteiger partial charge is 0.327 e. The summed E-state index contributed by atoms with van der Waals surface area (Å²) in [7, 11) is 3.28. The van der Waals surface area contributed by atoms with Gasteiger partial charge in [0.05, 0.1) is 5.25 Å². The summed E-state index contributed by atoms with van der Waals surface area (Å²) in [6.07, 6.45) is 0. The van der Waals surface area contributed by atoms with E-state index in [0.29, 0.717) is 0 Å². The van der Waals surface area contributed by atoms with Crippen LogP contribution < -0.4 is 5.32 Å². The van der Waals surface area contributed by atoms with Crippen molar-refractivity contribution in [3.63, 3.8) is 0 Å². The number of aliphatic carboxylic acids is 1. The van der Waals surface area contributed by atoms with Crippen molar-refractivity contribution in [1.29, 1.82) is 0 Å². The Morgan fingerprint density at radius 3 is 2.24 bits per heavy atom. The monoisotopic (exact) mass is 262 g/mol. The van der Waals surface area contributed by atoms with E-state index in [-0.39, 0.29) is 16.9 Å². The van der Waals surface area contributed by atoms with E-state index in [2.05, 4.69) is 5.32 Å². The second kappa shape index (κ2) is 7.16. The van der Waals surface area contributed by atoms with Gasteiger partial charge in [-0.2, -0.15) is 0 Å². The molecule has 0 heterocycles. The summed E-state index contributed by atoms with van der Waals surface area (Å²) < 4.78 is 0. The first kappa shape index (κ1) is 15.8. The Morgan fingerprint density at radius 1 is 1.35 bits per heavy atom. The first-order valence-corrected chi connectivity index (χ1v) is 6.13. The van der Waals surface area contributed by atoms with Gasteiger partial charge in [-0.1, -0.05) is 0 Å². The SMILES string of the molecule is CC(=O)NC(CSC(C)C(=O)N(C)C)C(=O)O. The highest BCUT2D eigenvalue weighted by atomic mass is 32.2. The summed E-state index contributed by atoms with van der Waals surface area (Å²) in [5.74, 6) is -1.42. The third kappa shape index (κ3) is 6.15. The number of carboxylic acids is 1. The van der Waals surface area contributed by atoms with E-state index in [1.807, 2.05) is 0 Å². The minimum atomic E-state index is -1.10. The molecule has 0 rings (SSSR count). The molecule has 7 heteroatoms. The molecule has 0 saturated heterocycles. The molecule has 2 amide bonds. The third-order valence-corrected chi connectivity index (χ3v) is 3.20. The largest absolute Gasteiger partial charge is 0.480 e. The molecule has 6 nitrogen and oxygen atoms in total. The van der Waals surface area contributed by atoms with Crippen molar-refractivity contribution in [3.8, 4) is 0 Å². The molecule has 2 atom stereocenters. The highest BCUT2D eigenvalue weighted by Crippen LogP contribution is 2.13. The number of nitrogens with zero attached hydrogens (tertiary/aromatic N) is 1. The van der Waals surface area contributed by atoms with Crippen LogP contribution in [0, 0.1) is 0 Å². The fourth-order valence-corrected chi connectivity index (χ4v) is 2.16. The van der Waals surface area contributed by atoms with E-state index in [1.54, 1.807) is 21.0 Å². The third-order valence-electron chi connectivity index (χ3n) is 1.98. The number of carbonyl (C=O) groups is 3. The Morgan fingerprint density at radius 2 is 1.88 bits per heavy atom. The molecule has 0 bridgehead atoms. The molecular formula is C10H18N2O4S. The van der Waals surface area contributed by atoms with Crippen molar-refractivity contribution in [2.24, 2.45) is 0 Å². The number of carbonyl (C=O) groups excluding carboxylic acids is 2. The molecule has 0 aromatic rings. The Balaban J connectivity index is 4.26. The summed E-state index contributed by atoms with van der Waals surface area (Å²) in [5, 5.41) is 10.8. The summed E-state index contributed by atoms with van der Waals surface area (Å²) >= 11 is 1.20. The van der Waals surface area contributed by atoms with E-state index in [0.717, 1.165) is 0 Å². The zero-order valence-corrected chi connectivity index (χ0v) is 11.2. The first-order valence-electron chi connectivity index (χ1n) is 5.08. The molecule has 98 valence electrons. The van der Waals surface area contributed by atoms with E-state index < -0.39 is 17.9 Å².